The molecule has 0 heterocycles. The quantitative estimate of drug-likeness (QED) is 0.310. The summed E-state index contributed by atoms with van der Waals surface area (Å²) in [5.41, 5.74) is 2.25. The lowest BCUT2D eigenvalue weighted by atomic mass is 9.73. The fourth-order valence-electron chi connectivity index (χ4n) is 5.56. The van der Waals surface area contributed by atoms with E-state index in [-0.39, 0.29) is 37.3 Å². The smallest absolute Gasteiger partial charge is 0.341 e. The predicted molar refractivity (Wildman–Crippen MR) is 125 cm³/mol. The highest BCUT2D eigenvalue weighted by atomic mass is 16.6. The van der Waals surface area contributed by atoms with Gasteiger partial charge in [-0.05, 0) is 73.5 Å². The molecule has 0 spiro atoms. The largest absolute Gasteiger partial charge is 0.482 e. The zero-order valence-electron chi connectivity index (χ0n) is 20.2. The molecule has 2 aliphatic carbocycles. The average Bonchev–Trinajstić information content (AvgIpc) is 3.11. The molecule has 0 bridgehead atoms. The summed E-state index contributed by atoms with van der Waals surface area (Å²) in [5.74, 6) is 0.124. The maximum Gasteiger partial charge on any atom is 0.341 e. The van der Waals surface area contributed by atoms with Crippen LogP contribution >= 0.6 is 0 Å². The van der Waals surface area contributed by atoms with E-state index >= 15 is 0 Å². The standard InChI is InChI=1S/C26H38O8/c1-3-5-19(34-26(30)16-32-11-10-31-2)8-9-20-21-12-17-6-4-7-24(33-15-25(28)29)22(17)13-18(21)14-23(20)27/h4,6-7,18-21,23,27H,3,5,8-16H2,1-2H3,(H,28,29)/t18-,19-,20+,21-,23+/m0/s1. The van der Waals surface area contributed by atoms with Crippen LogP contribution in [0.3, 0.4) is 0 Å². The number of carbonyl (C=O) groups excluding carboxylic acids is 1. The summed E-state index contributed by atoms with van der Waals surface area (Å²) in [5, 5.41) is 19.8. The molecule has 0 aliphatic heterocycles. The van der Waals surface area contributed by atoms with Crippen LogP contribution in [0.25, 0.3) is 0 Å². The first kappa shape index (κ1) is 26.4. The molecule has 0 radical (unpaired) electrons. The van der Waals surface area contributed by atoms with E-state index in [0.29, 0.717) is 30.8 Å². The van der Waals surface area contributed by atoms with Crippen molar-refractivity contribution in [1.82, 2.24) is 0 Å². The van der Waals surface area contributed by atoms with Gasteiger partial charge in [-0.2, -0.15) is 0 Å². The van der Waals surface area contributed by atoms with Crippen LogP contribution in [0.5, 0.6) is 5.75 Å². The third-order valence-electron chi connectivity index (χ3n) is 7.08. The number of benzene rings is 1. The van der Waals surface area contributed by atoms with Crippen LogP contribution in [-0.2, 0) is 36.6 Å². The molecular weight excluding hydrogens is 440 g/mol. The maximum atomic E-state index is 12.2. The summed E-state index contributed by atoms with van der Waals surface area (Å²) in [6.45, 7) is 2.42. The highest BCUT2D eigenvalue weighted by Crippen LogP contribution is 2.48. The van der Waals surface area contributed by atoms with Gasteiger partial charge in [-0.25, -0.2) is 9.59 Å². The van der Waals surface area contributed by atoms with Crippen molar-refractivity contribution >= 4 is 11.9 Å². The molecule has 0 aromatic heterocycles. The molecule has 8 heteroatoms. The number of carbonyl (C=O) groups is 2. The molecule has 5 atom stereocenters. The van der Waals surface area contributed by atoms with Crippen molar-refractivity contribution < 1.29 is 38.7 Å². The Balaban J connectivity index is 1.58. The van der Waals surface area contributed by atoms with Crippen LogP contribution in [0, 0.1) is 17.8 Å². The first-order valence-electron chi connectivity index (χ1n) is 12.3. The Kier molecular flexibility index (Phi) is 10.2. The highest BCUT2D eigenvalue weighted by Gasteiger charge is 2.45. The molecule has 190 valence electrons. The topological polar surface area (TPSA) is 112 Å². The summed E-state index contributed by atoms with van der Waals surface area (Å²) < 4.78 is 21.4. The van der Waals surface area contributed by atoms with Gasteiger partial charge in [-0.15, -0.1) is 0 Å². The Morgan fingerprint density at radius 2 is 1.97 bits per heavy atom. The molecule has 1 aromatic rings. The molecule has 3 rings (SSSR count). The van der Waals surface area contributed by atoms with E-state index < -0.39 is 5.97 Å². The summed E-state index contributed by atoms with van der Waals surface area (Å²) in [6, 6.07) is 5.81. The summed E-state index contributed by atoms with van der Waals surface area (Å²) in [7, 11) is 1.58. The molecule has 0 unspecified atom stereocenters. The van der Waals surface area contributed by atoms with Crippen molar-refractivity contribution in [2.45, 2.75) is 64.1 Å². The Bertz CT molecular complexity index is 810. The number of aliphatic hydroxyl groups is 1. The lowest BCUT2D eigenvalue weighted by Gasteiger charge is -2.32. The molecule has 2 aliphatic rings. The lowest BCUT2D eigenvalue weighted by Crippen LogP contribution is -2.29. The number of aliphatic carboxylic acids is 1. The van der Waals surface area contributed by atoms with Gasteiger partial charge in [-0.3, -0.25) is 0 Å². The molecule has 1 aromatic carbocycles. The number of fused-ring (bicyclic) bond motifs is 2. The summed E-state index contributed by atoms with van der Waals surface area (Å²) in [4.78, 5) is 23.1. The number of carboxylic acids is 1. The molecule has 0 saturated heterocycles. The van der Waals surface area contributed by atoms with Gasteiger partial charge in [0.05, 0.1) is 19.3 Å². The second kappa shape index (κ2) is 13.1. The maximum absolute atomic E-state index is 12.2. The van der Waals surface area contributed by atoms with Crippen LogP contribution in [0.2, 0.25) is 0 Å². The molecule has 2 N–H and O–H groups in total. The van der Waals surface area contributed by atoms with Crippen LogP contribution in [0.1, 0.15) is 50.2 Å². The van der Waals surface area contributed by atoms with E-state index in [1.807, 2.05) is 12.1 Å². The van der Waals surface area contributed by atoms with Gasteiger partial charge >= 0.3 is 11.9 Å². The van der Waals surface area contributed by atoms with Gasteiger partial charge in [0.2, 0.25) is 0 Å². The zero-order valence-corrected chi connectivity index (χ0v) is 20.2. The Hall–Kier alpha value is -2.16. The number of hydrogen-bond donors (Lipinski definition) is 2. The SMILES string of the molecule is CCC[C@@H](CC[C@@H]1[C@H]2Cc3cccc(OCC(=O)O)c3C[C@H]2C[C@H]1O)OC(=O)COCCOC. The molecular formula is C26H38O8. The normalized spacial score (nSPS) is 24.2. The first-order valence-corrected chi connectivity index (χ1v) is 12.3. The van der Waals surface area contributed by atoms with E-state index in [0.717, 1.165) is 50.5 Å². The summed E-state index contributed by atoms with van der Waals surface area (Å²) in [6.07, 6.45) is 5.01. The van der Waals surface area contributed by atoms with E-state index in [1.165, 1.54) is 5.56 Å². The monoisotopic (exact) mass is 478 g/mol. The Morgan fingerprint density at radius 1 is 1.15 bits per heavy atom. The number of methoxy groups -OCH3 is 1. The lowest BCUT2D eigenvalue weighted by molar-refractivity contribution is -0.155. The van der Waals surface area contributed by atoms with E-state index in [2.05, 4.69) is 13.0 Å². The predicted octanol–water partition coefficient (Wildman–Crippen LogP) is 3.02. The number of ether oxygens (including phenoxy) is 4. The van der Waals surface area contributed by atoms with Gasteiger partial charge in [0.25, 0.3) is 0 Å². The summed E-state index contributed by atoms with van der Waals surface area (Å²) >= 11 is 0. The highest BCUT2D eigenvalue weighted by molar-refractivity contribution is 5.70. The van der Waals surface area contributed by atoms with Crippen LogP contribution in [-0.4, -0.2) is 67.9 Å². The molecule has 1 saturated carbocycles. The third kappa shape index (κ3) is 7.17. The van der Waals surface area contributed by atoms with Crippen molar-refractivity contribution in [2.24, 2.45) is 17.8 Å². The minimum absolute atomic E-state index is 0.0800. The van der Waals surface area contributed by atoms with Crippen molar-refractivity contribution in [3.8, 4) is 5.75 Å². The minimum atomic E-state index is -0.994. The van der Waals surface area contributed by atoms with Crippen LogP contribution < -0.4 is 4.74 Å². The van der Waals surface area contributed by atoms with Crippen LogP contribution in [0.15, 0.2) is 18.2 Å². The van der Waals surface area contributed by atoms with Crippen molar-refractivity contribution in [3.05, 3.63) is 29.3 Å². The number of carboxylic acid groups (broad SMARTS) is 1. The second-order valence-corrected chi connectivity index (χ2v) is 9.40. The van der Waals surface area contributed by atoms with Gasteiger partial charge in [0, 0.05) is 7.11 Å². The number of rotatable bonds is 14. The van der Waals surface area contributed by atoms with Gasteiger partial charge in [0.1, 0.15) is 18.5 Å². The van der Waals surface area contributed by atoms with Gasteiger partial charge < -0.3 is 29.2 Å². The fourth-order valence-corrected chi connectivity index (χ4v) is 5.56. The second-order valence-electron chi connectivity index (χ2n) is 9.40. The average molecular weight is 479 g/mol. The first-order chi connectivity index (χ1) is 16.4. The zero-order chi connectivity index (χ0) is 24.5. The van der Waals surface area contributed by atoms with Crippen molar-refractivity contribution in [3.63, 3.8) is 0 Å². The third-order valence-corrected chi connectivity index (χ3v) is 7.08. The Morgan fingerprint density at radius 3 is 2.71 bits per heavy atom. The van der Waals surface area contributed by atoms with E-state index in [4.69, 9.17) is 24.1 Å². The molecule has 34 heavy (non-hydrogen) atoms. The minimum Gasteiger partial charge on any atom is -0.482 e. The fraction of sp³-hybridized carbons (Fsp3) is 0.692. The van der Waals surface area contributed by atoms with Gasteiger partial charge in [0.15, 0.2) is 6.61 Å². The number of esters is 1. The van der Waals surface area contributed by atoms with Crippen molar-refractivity contribution in [1.29, 1.82) is 0 Å². The van der Waals surface area contributed by atoms with Gasteiger partial charge in [-0.1, -0.05) is 25.5 Å². The molecule has 0 amide bonds. The molecule has 1 fully saturated rings. The molecule has 8 nitrogen and oxygen atoms in total. The number of hydrogen-bond acceptors (Lipinski definition) is 7. The van der Waals surface area contributed by atoms with E-state index in [1.54, 1.807) is 7.11 Å². The van der Waals surface area contributed by atoms with Crippen molar-refractivity contribution in [2.75, 3.05) is 33.5 Å². The number of aliphatic hydroxyl groups excluding tert-OH is 1. The van der Waals surface area contributed by atoms with Crippen LogP contribution in [0.4, 0.5) is 0 Å². The van der Waals surface area contributed by atoms with E-state index in [9.17, 15) is 14.7 Å². The Labute approximate surface area is 201 Å².